The van der Waals surface area contributed by atoms with Crippen LogP contribution in [0.25, 0.3) is 0 Å². The summed E-state index contributed by atoms with van der Waals surface area (Å²) in [7, 11) is 0. The number of carbonyl (C=O) groups is 2. The van der Waals surface area contributed by atoms with Crippen LogP contribution in [0.3, 0.4) is 0 Å². The van der Waals surface area contributed by atoms with Crippen LogP contribution in [0.1, 0.15) is 40.7 Å². The third-order valence-corrected chi connectivity index (χ3v) is 4.74. The normalized spacial score (nSPS) is 20.1. The molecule has 6 nitrogen and oxygen atoms in total. The summed E-state index contributed by atoms with van der Waals surface area (Å²) in [4.78, 5) is 24.6. The molecule has 0 aromatic heterocycles. The SMILES string of the molecule is CCCOc1ccc2c(c1)C(=O)C(C(=O)O)C2c1ccc2c(c1)OCO2. The smallest absolute Gasteiger partial charge is 0.315 e. The summed E-state index contributed by atoms with van der Waals surface area (Å²) in [6, 6.07) is 10.5. The topological polar surface area (TPSA) is 82.1 Å². The first-order valence-corrected chi connectivity index (χ1v) is 8.53. The number of carboxylic acid groups (broad SMARTS) is 1. The molecule has 2 atom stereocenters. The van der Waals surface area contributed by atoms with Gasteiger partial charge in [0.05, 0.1) is 6.61 Å². The molecule has 26 heavy (non-hydrogen) atoms. The first-order valence-electron chi connectivity index (χ1n) is 8.53. The maximum Gasteiger partial charge on any atom is 0.315 e. The van der Waals surface area contributed by atoms with Gasteiger partial charge in [-0.2, -0.15) is 0 Å². The van der Waals surface area contributed by atoms with E-state index in [0.29, 0.717) is 35.0 Å². The fourth-order valence-electron chi connectivity index (χ4n) is 3.56. The molecule has 2 aromatic rings. The number of carbonyl (C=O) groups excluding carboxylic acids is 1. The molecule has 1 aliphatic heterocycles. The van der Waals surface area contributed by atoms with Crippen molar-refractivity contribution in [3.8, 4) is 17.2 Å². The van der Waals surface area contributed by atoms with Gasteiger partial charge in [-0.3, -0.25) is 9.59 Å². The zero-order valence-corrected chi connectivity index (χ0v) is 14.2. The van der Waals surface area contributed by atoms with Crippen molar-refractivity contribution in [1.29, 1.82) is 0 Å². The van der Waals surface area contributed by atoms with Gasteiger partial charge in [0.15, 0.2) is 17.3 Å². The summed E-state index contributed by atoms with van der Waals surface area (Å²) < 4.78 is 16.3. The van der Waals surface area contributed by atoms with Crippen LogP contribution < -0.4 is 14.2 Å². The zero-order chi connectivity index (χ0) is 18.3. The van der Waals surface area contributed by atoms with Crippen LogP contribution in [0.4, 0.5) is 0 Å². The summed E-state index contributed by atoms with van der Waals surface area (Å²) in [5, 5.41) is 9.68. The first-order chi connectivity index (χ1) is 12.6. The van der Waals surface area contributed by atoms with Crippen molar-refractivity contribution in [3.63, 3.8) is 0 Å². The third-order valence-electron chi connectivity index (χ3n) is 4.74. The lowest BCUT2D eigenvalue weighted by Gasteiger charge is -2.17. The maximum atomic E-state index is 12.8. The van der Waals surface area contributed by atoms with Crippen molar-refractivity contribution in [2.24, 2.45) is 5.92 Å². The van der Waals surface area contributed by atoms with Gasteiger partial charge in [-0.1, -0.05) is 19.1 Å². The lowest BCUT2D eigenvalue weighted by atomic mass is 9.85. The van der Waals surface area contributed by atoms with Gasteiger partial charge in [-0.25, -0.2) is 0 Å². The van der Waals surface area contributed by atoms with E-state index < -0.39 is 23.6 Å². The van der Waals surface area contributed by atoms with Crippen molar-refractivity contribution in [3.05, 3.63) is 53.1 Å². The Bertz CT molecular complexity index is 888. The largest absolute Gasteiger partial charge is 0.494 e. The van der Waals surface area contributed by atoms with Crippen LogP contribution in [0.2, 0.25) is 0 Å². The number of hydrogen-bond donors (Lipinski definition) is 1. The molecule has 0 amide bonds. The Hall–Kier alpha value is -3.02. The molecule has 1 N–H and O–H groups in total. The number of ketones is 1. The van der Waals surface area contributed by atoms with E-state index in [9.17, 15) is 14.7 Å². The summed E-state index contributed by atoms with van der Waals surface area (Å²) >= 11 is 0. The number of benzene rings is 2. The highest BCUT2D eigenvalue weighted by molar-refractivity contribution is 6.13. The Morgan fingerprint density at radius 3 is 2.77 bits per heavy atom. The van der Waals surface area contributed by atoms with E-state index in [-0.39, 0.29) is 6.79 Å². The molecule has 2 unspecified atom stereocenters. The van der Waals surface area contributed by atoms with Crippen LogP contribution in [-0.4, -0.2) is 30.3 Å². The lowest BCUT2D eigenvalue weighted by Crippen LogP contribution is -2.24. The summed E-state index contributed by atoms with van der Waals surface area (Å²) in [5.74, 6) is -1.49. The molecule has 0 radical (unpaired) electrons. The molecule has 2 aromatic carbocycles. The van der Waals surface area contributed by atoms with E-state index >= 15 is 0 Å². The second-order valence-electron chi connectivity index (χ2n) is 6.37. The van der Waals surface area contributed by atoms with E-state index in [4.69, 9.17) is 14.2 Å². The highest BCUT2D eigenvalue weighted by atomic mass is 16.7. The molecule has 0 spiro atoms. The van der Waals surface area contributed by atoms with Crippen LogP contribution >= 0.6 is 0 Å². The third kappa shape index (κ3) is 2.58. The summed E-state index contributed by atoms with van der Waals surface area (Å²) in [6.45, 7) is 2.68. The molecule has 4 rings (SSSR count). The van der Waals surface area contributed by atoms with Gasteiger partial charge < -0.3 is 19.3 Å². The molecule has 1 aliphatic carbocycles. The average Bonchev–Trinajstić information content (AvgIpc) is 3.21. The Labute approximate surface area is 150 Å². The Morgan fingerprint density at radius 2 is 2.00 bits per heavy atom. The first kappa shape index (κ1) is 16.4. The van der Waals surface area contributed by atoms with Crippen molar-refractivity contribution in [2.45, 2.75) is 19.3 Å². The quantitative estimate of drug-likeness (QED) is 0.830. The minimum Gasteiger partial charge on any atom is -0.494 e. The van der Waals surface area contributed by atoms with Gasteiger partial charge >= 0.3 is 5.97 Å². The van der Waals surface area contributed by atoms with Gasteiger partial charge in [0.25, 0.3) is 0 Å². The molecular formula is C20H18O6. The second-order valence-corrected chi connectivity index (χ2v) is 6.37. The number of aliphatic carboxylic acids is 1. The van der Waals surface area contributed by atoms with Crippen LogP contribution in [0.5, 0.6) is 17.2 Å². The van der Waals surface area contributed by atoms with Gasteiger partial charge in [-0.15, -0.1) is 0 Å². The number of rotatable bonds is 5. The molecule has 2 aliphatic rings. The predicted molar refractivity (Wildman–Crippen MR) is 92.1 cm³/mol. The highest BCUT2D eigenvalue weighted by Gasteiger charge is 2.45. The molecule has 0 saturated carbocycles. The number of ether oxygens (including phenoxy) is 3. The minimum atomic E-state index is -1.16. The fraction of sp³-hybridized carbons (Fsp3) is 0.300. The minimum absolute atomic E-state index is 0.138. The lowest BCUT2D eigenvalue weighted by molar-refractivity contribution is -0.140. The van der Waals surface area contributed by atoms with Crippen molar-refractivity contribution < 1.29 is 28.9 Å². The van der Waals surface area contributed by atoms with Gasteiger partial charge in [-0.05, 0) is 41.8 Å². The molecule has 1 heterocycles. The Kier molecular flexibility index (Phi) is 4.03. The zero-order valence-electron chi connectivity index (χ0n) is 14.2. The monoisotopic (exact) mass is 354 g/mol. The Morgan fingerprint density at radius 1 is 1.19 bits per heavy atom. The van der Waals surface area contributed by atoms with E-state index in [2.05, 4.69) is 0 Å². The molecule has 134 valence electrons. The average molecular weight is 354 g/mol. The standard InChI is InChI=1S/C20H18O6/c1-2-7-24-12-4-5-13-14(9-12)19(21)18(20(22)23)17(13)11-3-6-15-16(8-11)26-10-25-15/h3-6,8-9,17-18H,2,7,10H2,1H3,(H,22,23). The van der Waals surface area contributed by atoms with Crippen molar-refractivity contribution in [1.82, 2.24) is 0 Å². The number of carboxylic acids is 1. The fourth-order valence-corrected chi connectivity index (χ4v) is 3.56. The van der Waals surface area contributed by atoms with Crippen LogP contribution in [0, 0.1) is 5.92 Å². The van der Waals surface area contributed by atoms with Crippen molar-refractivity contribution >= 4 is 11.8 Å². The van der Waals surface area contributed by atoms with E-state index in [1.54, 1.807) is 36.4 Å². The van der Waals surface area contributed by atoms with Crippen LogP contribution in [-0.2, 0) is 4.79 Å². The van der Waals surface area contributed by atoms with E-state index in [0.717, 1.165) is 12.0 Å². The van der Waals surface area contributed by atoms with Gasteiger partial charge in [0.2, 0.25) is 6.79 Å². The summed E-state index contributed by atoms with van der Waals surface area (Å²) in [5.41, 5.74) is 1.83. The molecule has 6 heteroatoms. The van der Waals surface area contributed by atoms with Gasteiger partial charge in [0.1, 0.15) is 11.7 Å². The molecule has 0 bridgehead atoms. The van der Waals surface area contributed by atoms with Gasteiger partial charge in [0, 0.05) is 11.5 Å². The highest BCUT2D eigenvalue weighted by Crippen LogP contribution is 2.46. The molecule has 0 fully saturated rings. The molecule has 0 saturated heterocycles. The van der Waals surface area contributed by atoms with Crippen LogP contribution in [0.15, 0.2) is 36.4 Å². The maximum absolute atomic E-state index is 12.8. The molecular weight excluding hydrogens is 336 g/mol. The van der Waals surface area contributed by atoms with Crippen molar-refractivity contribution in [2.75, 3.05) is 13.4 Å². The number of fused-ring (bicyclic) bond motifs is 2. The predicted octanol–water partition coefficient (Wildman–Crippen LogP) is 3.23. The van der Waals surface area contributed by atoms with E-state index in [1.807, 2.05) is 6.92 Å². The Balaban J connectivity index is 1.78. The summed E-state index contributed by atoms with van der Waals surface area (Å²) in [6.07, 6.45) is 0.850. The number of Topliss-reactive ketones (excluding diaryl/α,β-unsaturated/α-hetero) is 1. The second kappa shape index (κ2) is 6.37. The number of hydrogen-bond acceptors (Lipinski definition) is 5. The van der Waals surface area contributed by atoms with E-state index in [1.165, 1.54) is 0 Å².